The summed E-state index contributed by atoms with van der Waals surface area (Å²) in [5.74, 6) is 0.692. The van der Waals surface area contributed by atoms with Crippen molar-refractivity contribution in [3.8, 4) is 27.4 Å². The van der Waals surface area contributed by atoms with E-state index >= 15 is 0 Å². The topological polar surface area (TPSA) is 47.9 Å². The van der Waals surface area contributed by atoms with Crippen LogP contribution in [0.15, 0.2) is 24.5 Å². The lowest BCUT2D eigenvalue weighted by molar-refractivity contribution is 0.414. The van der Waals surface area contributed by atoms with Gasteiger partial charge in [-0.15, -0.1) is 11.3 Å². The molecule has 4 nitrogen and oxygen atoms in total. The summed E-state index contributed by atoms with van der Waals surface area (Å²) in [6, 6.07) is 3.90. The molecule has 0 aromatic carbocycles. The van der Waals surface area contributed by atoms with Crippen molar-refractivity contribution in [3.05, 3.63) is 45.9 Å². The zero-order valence-corrected chi connectivity index (χ0v) is 15.7. The van der Waals surface area contributed by atoms with E-state index in [0.29, 0.717) is 10.9 Å². The summed E-state index contributed by atoms with van der Waals surface area (Å²) in [6.45, 7) is 1.98. The molecule has 0 amide bonds. The summed E-state index contributed by atoms with van der Waals surface area (Å²) < 4.78 is 5.51. The highest BCUT2D eigenvalue weighted by atomic mass is 35.5. The first-order valence-electron chi connectivity index (χ1n) is 8.31. The number of thiazole rings is 1. The summed E-state index contributed by atoms with van der Waals surface area (Å²) in [5, 5.41) is 1.46. The Hall–Kier alpha value is -1.98. The van der Waals surface area contributed by atoms with E-state index in [1.165, 1.54) is 23.4 Å². The maximum Gasteiger partial charge on any atom is 0.145 e. The van der Waals surface area contributed by atoms with Gasteiger partial charge >= 0.3 is 0 Å². The van der Waals surface area contributed by atoms with Crippen LogP contribution in [0.25, 0.3) is 21.7 Å². The van der Waals surface area contributed by atoms with Crippen LogP contribution >= 0.6 is 22.9 Å². The van der Waals surface area contributed by atoms with Gasteiger partial charge in [0.25, 0.3) is 0 Å². The first-order chi connectivity index (χ1) is 12.2. The summed E-state index contributed by atoms with van der Waals surface area (Å²) in [4.78, 5) is 14.9. The third kappa shape index (κ3) is 3.14. The van der Waals surface area contributed by atoms with Gasteiger partial charge in [-0.25, -0.2) is 9.97 Å². The zero-order valence-electron chi connectivity index (χ0n) is 14.2. The van der Waals surface area contributed by atoms with Crippen LogP contribution in [0, 0.1) is 6.92 Å². The molecule has 0 saturated heterocycles. The molecule has 0 fully saturated rings. The number of rotatable bonds is 3. The highest BCUT2D eigenvalue weighted by Gasteiger charge is 2.20. The molecule has 3 heterocycles. The van der Waals surface area contributed by atoms with E-state index in [4.69, 9.17) is 21.3 Å². The summed E-state index contributed by atoms with van der Waals surface area (Å²) in [5.41, 5.74) is 5.15. The van der Waals surface area contributed by atoms with Crippen molar-refractivity contribution < 1.29 is 4.74 Å². The lowest BCUT2D eigenvalue weighted by atomic mass is 10.0. The van der Waals surface area contributed by atoms with Gasteiger partial charge in [-0.2, -0.15) is 0 Å². The second kappa shape index (κ2) is 6.73. The molecule has 0 saturated carbocycles. The number of methoxy groups -OCH3 is 1. The standard InChI is InChI=1S/C19H18ClN3OS/c1-11-7-12(13-8-18(20)22-10-16(13)24-2)14(9-21-11)19-23-15-5-3-4-6-17(15)25-19/h7-10H,3-6H2,1-2H3. The quantitative estimate of drug-likeness (QED) is 0.600. The van der Waals surface area contributed by atoms with Gasteiger partial charge in [-0.1, -0.05) is 11.6 Å². The predicted molar refractivity (Wildman–Crippen MR) is 102 cm³/mol. The van der Waals surface area contributed by atoms with Gasteiger partial charge in [-0.3, -0.25) is 4.98 Å². The lowest BCUT2D eigenvalue weighted by Crippen LogP contribution is -1.99. The fourth-order valence-corrected chi connectivity index (χ4v) is 4.54. The first-order valence-corrected chi connectivity index (χ1v) is 9.50. The molecule has 128 valence electrons. The van der Waals surface area contributed by atoms with Crippen LogP contribution in [-0.4, -0.2) is 22.1 Å². The Morgan fingerprint density at radius 3 is 2.68 bits per heavy atom. The summed E-state index contributed by atoms with van der Waals surface area (Å²) in [6.07, 6.45) is 8.24. The maximum atomic E-state index is 6.15. The van der Waals surface area contributed by atoms with Crippen LogP contribution < -0.4 is 4.74 Å². The molecule has 0 aliphatic heterocycles. The molecule has 25 heavy (non-hydrogen) atoms. The molecule has 0 radical (unpaired) electrons. The van der Waals surface area contributed by atoms with Crippen LogP contribution in [0.2, 0.25) is 5.15 Å². The van der Waals surface area contributed by atoms with E-state index in [9.17, 15) is 0 Å². The first kappa shape index (κ1) is 16.5. The molecule has 0 N–H and O–H groups in total. The third-order valence-corrected chi connectivity index (χ3v) is 5.86. The number of hydrogen-bond donors (Lipinski definition) is 0. The highest BCUT2D eigenvalue weighted by Crippen LogP contribution is 2.41. The Labute approximate surface area is 155 Å². The van der Waals surface area contributed by atoms with Crippen molar-refractivity contribution in [2.24, 2.45) is 0 Å². The van der Waals surface area contributed by atoms with Gasteiger partial charge < -0.3 is 4.74 Å². The molecule has 0 unspecified atom stereocenters. The normalized spacial score (nSPS) is 13.6. The highest BCUT2D eigenvalue weighted by molar-refractivity contribution is 7.15. The van der Waals surface area contributed by atoms with E-state index in [1.807, 2.05) is 19.2 Å². The van der Waals surface area contributed by atoms with Crippen molar-refractivity contribution >= 4 is 22.9 Å². The second-order valence-corrected chi connectivity index (χ2v) is 7.65. The maximum absolute atomic E-state index is 6.15. The third-order valence-electron chi connectivity index (χ3n) is 4.46. The van der Waals surface area contributed by atoms with Crippen LogP contribution in [0.3, 0.4) is 0 Å². The lowest BCUT2D eigenvalue weighted by Gasteiger charge is -2.12. The van der Waals surface area contributed by atoms with Crippen LogP contribution in [0.5, 0.6) is 5.75 Å². The van der Waals surface area contributed by atoms with Crippen LogP contribution in [0.1, 0.15) is 29.1 Å². The number of ether oxygens (including phenoxy) is 1. The van der Waals surface area contributed by atoms with E-state index < -0.39 is 0 Å². The Bertz CT molecular complexity index is 915. The number of aromatic nitrogens is 3. The molecular weight excluding hydrogens is 354 g/mol. The minimum Gasteiger partial charge on any atom is -0.494 e. The number of pyridine rings is 2. The average Bonchev–Trinajstić information content (AvgIpc) is 3.05. The average molecular weight is 372 g/mol. The van der Waals surface area contributed by atoms with E-state index in [-0.39, 0.29) is 0 Å². The van der Waals surface area contributed by atoms with Crippen LogP contribution in [0.4, 0.5) is 0 Å². The van der Waals surface area contributed by atoms with Gasteiger partial charge in [0.05, 0.1) is 19.0 Å². The molecular formula is C19H18ClN3OS. The van der Waals surface area contributed by atoms with Crippen molar-refractivity contribution in [2.75, 3.05) is 7.11 Å². The smallest absolute Gasteiger partial charge is 0.145 e. The fourth-order valence-electron chi connectivity index (χ4n) is 3.21. The van der Waals surface area contributed by atoms with E-state index in [0.717, 1.165) is 40.2 Å². The number of fused-ring (bicyclic) bond motifs is 1. The molecule has 0 spiro atoms. The number of hydrogen-bond acceptors (Lipinski definition) is 5. The largest absolute Gasteiger partial charge is 0.494 e. The molecule has 4 rings (SSSR count). The van der Waals surface area contributed by atoms with Crippen molar-refractivity contribution in [1.82, 2.24) is 15.0 Å². The number of halogens is 1. The van der Waals surface area contributed by atoms with Crippen molar-refractivity contribution in [1.29, 1.82) is 0 Å². The van der Waals surface area contributed by atoms with Crippen molar-refractivity contribution in [2.45, 2.75) is 32.6 Å². The fraction of sp³-hybridized carbons (Fsp3) is 0.316. The zero-order chi connectivity index (χ0) is 17.4. The Morgan fingerprint density at radius 2 is 1.88 bits per heavy atom. The Morgan fingerprint density at radius 1 is 1.04 bits per heavy atom. The molecule has 0 atom stereocenters. The predicted octanol–water partition coefficient (Wildman–Crippen LogP) is 5.12. The van der Waals surface area contributed by atoms with Gasteiger partial charge in [0.2, 0.25) is 0 Å². The SMILES string of the molecule is COc1cnc(Cl)cc1-c1cc(C)ncc1-c1nc2c(s1)CCCC2. The second-order valence-electron chi connectivity index (χ2n) is 6.17. The van der Waals surface area contributed by atoms with E-state index in [2.05, 4.69) is 16.0 Å². The van der Waals surface area contributed by atoms with Crippen LogP contribution in [-0.2, 0) is 12.8 Å². The molecule has 1 aliphatic rings. The number of aryl methyl sites for hydroxylation is 3. The molecule has 0 bridgehead atoms. The van der Waals surface area contributed by atoms with Gasteiger partial charge in [0, 0.05) is 27.9 Å². The monoisotopic (exact) mass is 371 g/mol. The minimum atomic E-state index is 0.439. The van der Waals surface area contributed by atoms with Gasteiger partial charge in [-0.05, 0) is 50.3 Å². The molecule has 3 aromatic heterocycles. The Balaban J connectivity index is 1.91. The minimum absolute atomic E-state index is 0.439. The van der Waals surface area contributed by atoms with E-state index in [1.54, 1.807) is 24.6 Å². The summed E-state index contributed by atoms with van der Waals surface area (Å²) >= 11 is 7.93. The molecule has 1 aliphatic carbocycles. The number of nitrogens with zero attached hydrogens (tertiary/aromatic N) is 3. The molecule has 6 heteroatoms. The molecule has 3 aromatic rings. The summed E-state index contributed by atoms with van der Waals surface area (Å²) in [7, 11) is 1.64. The van der Waals surface area contributed by atoms with Gasteiger partial charge in [0.1, 0.15) is 15.9 Å². The van der Waals surface area contributed by atoms with Gasteiger partial charge in [0.15, 0.2) is 0 Å². The Kier molecular flexibility index (Phi) is 4.44. The van der Waals surface area contributed by atoms with Crippen molar-refractivity contribution in [3.63, 3.8) is 0 Å².